The zero-order chi connectivity index (χ0) is 15.0. The summed E-state index contributed by atoms with van der Waals surface area (Å²) in [7, 11) is -3.51. The highest BCUT2D eigenvalue weighted by Gasteiger charge is 2.27. The third-order valence-corrected chi connectivity index (χ3v) is 6.57. The summed E-state index contributed by atoms with van der Waals surface area (Å²) in [6, 6.07) is 13.3. The third-order valence-electron chi connectivity index (χ3n) is 3.66. The van der Waals surface area contributed by atoms with Gasteiger partial charge in [0.15, 0.2) is 0 Å². The maximum absolute atomic E-state index is 12.4. The van der Waals surface area contributed by atoms with E-state index < -0.39 is 10.0 Å². The number of fused-ring (bicyclic) bond motifs is 1. The minimum atomic E-state index is -3.51. The molecule has 0 spiro atoms. The van der Waals surface area contributed by atoms with E-state index in [1.807, 2.05) is 12.1 Å². The van der Waals surface area contributed by atoms with Gasteiger partial charge in [-0.1, -0.05) is 40.2 Å². The van der Waals surface area contributed by atoms with Crippen LogP contribution in [0.5, 0.6) is 0 Å². The van der Waals surface area contributed by atoms with Crippen molar-refractivity contribution in [3.05, 3.63) is 62.5 Å². The molecule has 1 unspecified atom stereocenters. The topological polar surface area (TPSA) is 46.2 Å². The van der Waals surface area contributed by atoms with Crippen molar-refractivity contribution in [3.63, 3.8) is 0 Å². The van der Waals surface area contributed by atoms with Crippen LogP contribution in [-0.2, 0) is 16.4 Å². The van der Waals surface area contributed by atoms with Gasteiger partial charge < -0.3 is 0 Å². The van der Waals surface area contributed by atoms with Gasteiger partial charge in [0.2, 0.25) is 10.0 Å². The van der Waals surface area contributed by atoms with Crippen molar-refractivity contribution in [3.8, 4) is 0 Å². The molecule has 0 saturated carbocycles. The van der Waals surface area contributed by atoms with Crippen molar-refractivity contribution in [2.75, 3.05) is 6.54 Å². The molecule has 0 fully saturated rings. The summed E-state index contributed by atoms with van der Waals surface area (Å²) in [4.78, 5) is 0.254. The van der Waals surface area contributed by atoms with Crippen molar-refractivity contribution in [1.29, 1.82) is 0 Å². The molecule has 0 heterocycles. The Labute approximate surface area is 141 Å². The molecule has 0 bridgehead atoms. The van der Waals surface area contributed by atoms with Gasteiger partial charge in [-0.2, -0.15) is 0 Å². The van der Waals surface area contributed by atoms with Gasteiger partial charge in [-0.3, -0.25) is 0 Å². The highest BCUT2D eigenvalue weighted by Crippen LogP contribution is 2.34. The number of hydrogen-bond acceptors (Lipinski definition) is 2. The SMILES string of the molecule is O=S(=O)(NCC1Cc2ccccc21)c1cc(Br)ccc1Br. The van der Waals surface area contributed by atoms with Gasteiger partial charge >= 0.3 is 0 Å². The van der Waals surface area contributed by atoms with Crippen molar-refractivity contribution in [2.24, 2.45) is 0 Å². The summed E-state index contributed by atoms with van der Waals surface area (Å²) in [5, 5.41) is 0. The van der Waals surface area contributed by atoms with Gasteiger partial charge in [-0.25, -0.2) is 13.1 Å². The number of nitrogens with one attached hydrogen (secondary N) is 1. The number of halogens is 2. The molecule has 0 aromatic heterocycles. The van der Waals surface area contributed by atoms with Crippen LogP contribution < -0.4 is 4.72 Å². The average molecular weight is 431 g/mol. The minimum Gasteiger partial charge on any atom is -0.210 e. The first-order valence-corrected chi connectivity index (χ1v) is 9.57. The molecule has 0 aliphatic heterocycles. The summed E-state index contributed by atoms with van der Waals surface area (Å²) >= 11 is 6.59. The maximum Gasteiger partial charge on any atom is 0.241 e. The summed E-state index contributed by atoms with van der Waals surface area (Å²) in [5.74, 6) is 0.266. The number of rotatable bonds is 4. The Morgan fingerprint density at radius 1 is 1.14 bits per heavy atom. The first-order chi connectivity index (χ1) is 9.97. The smallest absolute Gasteiger partial charge is 0.210 e. The zero-order valence-electron chi connectivity index (χ0n) is 11.0. The molecular weight excluding hydrogens is 418 g/mol. The van der Waals surface area contributed by atoms with E-state index in [1.54, 1.807) is 18.2 Å². The molecule has 1 aliphatic carbocycles. The average Bonchev–Trinajstić information content (AvgIpc) is 2.42. The highest BCUT2D eigenvalue weighted by molar-refractivity contribution is 9.11. The molecule has 1 aliphatic rings. The third kappa shape index (κ3) is 3.08. The molecule has 3 nitrogen and oxygen atoms in total. The molecule has 1 atom stereocenters. The molecule has 2 aromatic rings. The van der Waals surface area contributed by atoms with E-state index in [0.29, 0.717) is 11.0 Å². The van der Waals surface area contributed by atoms with E-state index >= 15 is 0 Å². The Balaban J connectivity index is 1.75. The number of hydrogen-bond donors (Lipinski definition) is 1. The second-order valence-electron chi connectivity index (χ2n) is 5.03. The maximum atomic E-state index is 12.4. The van der Waals surface area contributed by atoms with Gasteiger partial charge in [0.1, 0.15) is 0 Å². The van der Waals surface area contributed by atoms with E-state index in [-0.39, 0.29) is 10.8 Å². The Kier molecular flexibility index (Phi) is 4.23. The number of sulfonamides is 1. The Hall–Kier alpha value is -0.690. The summed E-state index contributed by atoms with van der Waals surface area (Å²) < 4.78 is 28.8. The number of benzene rings is 2. The van der Waals surface area contributed by atoms with Crippen LogP contribution in [0.4, 0.5) is 0 Å². The lowest BCUT2D eigenvalue weighted by Gasteiger charge is -2.30. The summed E-state index contributed by atoms with van der Waals surface area (Å²) in [5.41, 5.74) is 2.55. The molecular formula is C15H13Br2NO2S. The largest absolute Gasteiger partial charge is 0.241 e. The van der Waals surface area contributed by atoms with Crippen LogP contribution in [0, 0.1) is 0 Å². The minimum absolute atomic E-state index is 0.254. The lowest BCUT2D eigenvalue weighted by molar-refractivity contribution is 0.551. The van der Waals surface area contributed by atoms with E-state index in [1.165, 1.54) is 11.1 Å². The summed E-state index contributed by atoms with van der Waals surface area (Å²) in [6.07, 6.45) is 0.929. The molecule has 3 rings (SSSR count). The first-order valence-electron chi connectivity index (χ1n) is 6.50. The van der Waals surface area contributed by atoms with Crippen LogP contribution in [0.2, 0.25) is 0 Å². The van der Waals surface area contributed by atoms with Crippen molar-refractivity contribution < 1.29 is 8.42 Å². The van der Waals surface area contributed by atoms with E-state index in [4.69, 9.17) is 0 Å². The predicted molar refractivity (Wildman–Crippen MR) is 89.9 cm³/mol. The van der Waals surface area contributed by atoms with Crippen LogP contribution in [-0.4, -0.2) is 15.0 Å². The molecule has 2 aromatic carbocycles. The van der Waals surface area contributed by atoms with Gasteiger partial charge in [0.05, 0.1) is 4.90 Å². The van der Waals surface area contributed by atoms with Gasteiger partial charge in [0.25, 0.3) is 0 Å². The second kappa shape index (κ2) is 5.83. The fourth-order valence-electron chi connectivity index (χ4n) is 2.52. The Morgan fingerprint density at radius 2 is 1.90 bits per heavy atom. The van der Waals surface area contributed by atoms with Gasteiger partial charge in [-0.05, 0) is 51.7 Å². The normalized spacial score (nSPS) is 17.1. The molecule has 0 amide bonds. The van der Waals surface area contributed by atoms with E-state index in [0.717, 1.165) is 10.9 Å². The molecule has 1 N–H and O–H groups in total. The summed E-state index contributed by atoms with van der Waals surface area (Å²) in [6.45, 7) is 0.429. The van der Waals surface area contributed by atoms with Crippen molar-refractivity contribution in [1.82, 2.24) is 4.72 Å². The molecule has 110 valence electrons. The Morgan fingerprint density at radius 3 is 2.67 bits per heavy atom. The van der Waals surface area contributed by atoms with Crippen LogP contribution in [0.1, 0.15) is 17.0 Å². The standard InChI is InChI=1S/C15H13Br2NO2S/c16-12-5-6-14(17)15(8-12)21(19,20)18-9-11-7-10-3-1-2-4-13(10)11/h1-6,8,11,18H,7,9H2. The van der Waals surface area contributed by atoms with Crippen LogP contribution in [0.25, 0.3) is 0 Å². The highest BCUT2D eigenvalue weighted by atomic mass is 79.9. The van der Waals surface area contributed by atoms with Gasteiger partial charge in [0, 0.05) is 21.4 Å². The van der Waals surface area contributed by atoms with Crippen molar-refractivity contribution in [2.45, 2.75) is 17.2 Å². The van der Waals surface area contributed by atoms with Crippen LogP contribution in [0.15, 0.2) is 56.3 Å². The molecule has 21 heavy (non-hydrogen) atoms. The zero-order valence-corrected chi connectivity index (χ0v) is 15.0. The van der Waals surface area contributed by atoms with Gasteiger partial charge in [-0.15, -0.1) is 0 Å². The van der Waals surface area contributed by atoms with Crippen LogP contribution in [0.3, 0.4) is 0 Å². The van der Waals surface area contributed by atoms with Crippen LogP contribution >= 0.6 is 31.9 Å². The monoisotopic (exact) mass is 429 g/mol. The predicted octanol–water partition coefficient (Wildman–Crippen LogP) is 3.83. The lowest BCUT2D eigenvalue weighted by atomic mass is 9.78. The molecule has 0 saturated heterocycles. The quantitative estimate of drug-likeness (QED) is 0.801. The first kappa shape index (κ1) is 15.2. The lowest BCUT2D eigenvalue weighted by Crippen LogP contribution is -2.33. The van der Waals surface area contributed by atoms with E-state index in [9.17, 15) is 8.42 Å². The van der Waals surface area contributed by atoms with Crippen molar-refractivity contribution >= 4 is 41.9 Å². The fourth-order valence-corrected chi connectivity index (χ4v) is 5.10. The fraction of sp³-hybridized carbons (Fsp3) is 0.200. The molecule has 6 heteroatoms. The second-order valence-corrected chi connectivity index (χ2v) is 8.53. The van der Waals surface area contributed by atoms with E-state index in [2.05, 4.69) is 48.7 Å². The molecule has 0 radical (unpaired) electrons. The Bertz CT molecular complexity index is 790.